The molecule has 1 aliphatic rings. The van der Waals surface area contributed by atoms with Crippen LogP contribution >= 0.6 is 11.8 Å². The molecule has 0 radical (unpaired) electrons. The van der Waals surface area contributed by atoms with Crippen LogP contribution in [0, 0.1) is 6.92 Å². The third kappa shape index (κ3) is 7.24. The summed E-state index contributed by atoms with van der Waals surface area (Å²) >= 11 is 1.23. The number of hydrogen-bond acceptors (Lipinski definition) is 8. The Bertz CT molecular complexity index is 1700. The van der Waals surface area contributed by atoms with E-state index in [-0.39, 0.29) is 29.0 Å². The maximum absolute atomic E-state index is 13.0. The number of carbonyl (C=O) groups excluding carboxylic acids is 2. The van der Waals surface area contributed by atoms with Crippen LogP contribution in [0.5, 0.6) is 5.75 Å². The van der Waals surface area contributed by atoms with Crippen LogP contribution in [0.1, 0.15) is 34.6 Å². The van der Waals surface area contributed by atoms with Crippen molar-refractivity contribution in [1.82, 2.24) is 24.4 Å². The quantitative estimate of drug-likeness (QED) is 0.240. The Morgan fingerprint density at radius 1 is 0.977 bits per heavy atom. The maximum atomic E-state index is 13.0. The molecule has 1 fully saturated rings. The van der Waals surface area contributed by atoms with Crippen molar-refractivity contribution >= 4 is 39.3 Å². The van der Waals surface area contributed by atoms with Crippen molar-refractivity contribution < 1.29 is 22.7 Å². The first kappa shape index (κ1) is 30.3. The lowest BCUT2D eigenvalue weighted by molar-refractivity contribution is -0.113. The predicted molar refractivity (Wildman–Crippen MR) is 164 cm³/mol. The molecule has 1 aromatic heterocycles. The second-order valence-electron chi connectivity index (χ2n) is 9.96. The number of anilines is 1. The lowest BCUT2D eigenvalue weighted by Crippen LogP contribution is -2.28. The summed E-state index contributed by atoms with van der Waals surface area (Å²) in [5.41, 5.74) is 2.80. The van der Waals surface area contributed by atoms with Crippen LogP contribution in [0.3, 0.4) is 0 Å². The average molecular weight is 621 g/mol. The van der Waals surface area contributed by atoms with Gasteiger partial charge in [-0.15, -0.1) is 10.2 Å². The highest BCUT2D eigenvalue weighted by Crippen LogP contribution is 2.24. The van der Waals surface area contributed by atoms with E-state index >= 15 is 0 Å². The smallest absolute Gasteiger partial charge is 0.251 e. The lowest BCUT2D eigenvalue weighted by Gasteiger charge is -2.15. The summed E-state index contributed by atoms with van der Waals surface area (Å²) in [6.45, 7) is 3.06. The van der Waals surface area contributed by atoms with E-state index in [1.807, 2.05) is 35.8 Å². The van der Waals surface area contributed by atoms with Crippen LogP contribution in [0.4, 0.5) is 5.69 Å². The minimum atomic E-state index is -3.56. The van der Waals surface area contributed by atoms with Crippen molar-refractivity contribution in [3.63, 3.8) is 0 Å². The Kier molecular flexibility index (Phi) is 9.43. The van der Waals surface area contributed by atoms with Crippen LogP contribution in [-0.4, -0.2) is 65.3 Å². The Morgan fingerprint density at radius 2 is 1.70 bits per heavy atom. The summed E-state index contributed by atoms with van der Waals surface area (Å²) in [4.78, 5) is 25.8. The van der Waals surface area contributed by atoms with Crippen LogP contribution in [-0.2, 0) is 21.4 Å². The number of nitrogens with zero attached hydrogens (tertiary/aromatic N) is 4. The molecule has 224 valence electrons. The van der Waals surface area contributed by atoms with Crippen molar-refractivity contribution in [2.45, 2.75) is 36.4 Å². The highest BCUT2D eigenvalue weighted by Gasteiger charge is 2.27. The molecule has 0 bridgehead atoms. The van der Waals surface area contributed by atoms with Gasteiger partial charge in [0.25, 0.3) is 5.91 Å². The van der Waals surface area contributed by atoms with Gasteiger partial charge in [-0.2, -0.15) is 4.31 Å². The van der Waals surface area contributed by atoms with E-state index in [1.165, 1.54) is 40.3 Å². The molecule has 0 aliphatic carbocycles. The van der Waals surface area contributed by atoms with Gasteiger partial charge in [-0.3, -0.25) is 14.2 Å². The van der Waals surface area contributed by atoms with Gasteiger partial charge in [-0.1, -0.05) is 23.9 Å². The minimum Gasteiger partial charge on any atom is -0.497 e. The summed E-state index contributed by atoms with van der Waals surface area (Å²) in [7, 11) is -1.98. The molecule has 3 aromatic carbocycles. The lowest BCUT2D eigenvalue weighted by atomic mass is 10.2. The third-order valence-corrected chi connectivity index (χ3v) is 9.73. The summed E-state index contributed by atoms with van der Waals surface area (Å²) in [5.74, 6) is 0.677. The standard InChI is InChI=1S/C30H32N6O5S2/c1-21-6-5-7-24(18-21)36-27(33-34-30(36)42-20-28(37)32-23-10-12-25(41-2)13-11-23)19-31-29(38)22-8-14-26(15-9-22)43(39,40)35-16-3-4-17-35/h5-15,18H,3-4,16-17,19-20H2,1-2H3,(H,31,38)(H,32,37). The van der Waals surface area contributed by atoms with E-state index < -0.39 is 10.0 Å². The molecule has 1 saturated heterocycles. The number of benzene rings is 3. The number of ether oxygens (including phenoxy) is 1. The van der Waals surface area contributed by atoms with Crippen LogP contribution in [0.2, 0.25) is 0 Å². The highest BCUT2D eigenvalue weighted by molar-refractivity contribution is 7.99. The van der Waals surface area contributed by atoms with Crippen LogP contribution in [0.25, 0.3) is 5.69 Å². The molecule has 43 heavy (non-hydrogen) atoms. The molecule has 13 heteroatoms. The summed E-state index contributed by atoms with van der Waals surface area (Å²) in [6, 6.07) is 20.7. The molecule has 0 unspecified atom stereocenters. The largest absolute Gasteiger partial charge is 0.497 e. The Hall–Kier alpha value is -4.20. The third-order valence-electron chi connectivity index (χ3n) is 6.89. The van der Waals surface area contributed by atoms with Gasteiger partial charge in [0.1, 0.15) is 5.75 Å². The molecule has 0 atom stereocenters. The van der Waals surface area contributed by atoms with E-state index in [4.69, 9.17) is 4.74 Å². The zero-order chi connectivity index (χ0) is 30.4. The molecule has 1 aliphatic heterocycles. The van der Waals surface area contributed by atoms with Crippen molar-refractivity contribution in [3.8, 4) is 11.4 Å². The van der Waals surface area contributed by atoms with Gasteiger partial charge < -0.3 is 15.4 Å². The highest BCUT2D eigenvalue weighted by atomic mass is 32.2. The minimum absolute atomic E-state index is 0.0617. The maximum Gasteiger partial charge on any atom is 0.251 e. The number of thioether (sulfide) groups is 1. The molecular weight excluding hydrogens is 589 g/mol. The van der Waals surface area contributed by atoms with Gasteiger partial charge in [0, 0.05) is 30.0 Å². The number of methoxy groups -OCH3 is 1. The summed E-state index contributed by atoms with van der Waals surface area (Å²) in [6.07, 6.45) is 1.70. The summed E-state index contributed by atoms with van der Waals surface area (Å²) < 4.78 is 34.1. The number of hydrogen-bond donors (Lipinski definition) is 2. The Morgan fingerprint density at radius 3 is 2.37 bits per heavy atom. The number of nitrogens with one attached hydrogen (secondary N) is 2. The van der Waals surface area contributed by atoms with Gasteiger partial charge in [0.15, 0.2) is 11.0 Å². The number of rotatable bonds is 11. The van der Waals surface area contributed by atoms with Crippen molar-refractivity contribution in [3.05, 3.63) is 89.7 Å². The van der Waals surface area contributed by atoms with E-state index in [9.17, 15) is 18.0 Å². The van der Waals surface area contributed by atoms with Crippen molar-refractivity contribution in [1.29, 1.82) is 0 Å². The van der Waals surface area contributed by atoms with Crippen molar-refractivity contribution in [2.24, 2.45) is 0 Å². The molecule has 4 aromatic rings. The Labute approximate surface area is 254 Å². The fraction of sp³-hybridized carbons (Fsp3) is 0.267. The van der Waals surface area contributed by atoms with Gasteiger partial charge in [0.2, 0.25) is 15.9 Å². The zero-order valence-electron chi connectivity index (χ0n) is 23.8. The van der Waals surface area contributed by atoms with Gasteiger partial charge in [-0.05, 0) is 86.0 Å². The molecule has 11 nitrogen and oxygen atoms in total. The van der Waals surface area contributed by atoms with Gasteiger partial charge in [-0.25, -0.2) is 8.42 Å². The fourth-order valence-corrected chi connectivity index (χ4v) is 6.94. The fourth-order valence-electron chi connectivity index (χ4n) is 4.65. The van der Waals surface area contributed by atoms with Crippen LogP contribution < -0.4 is 15.4 Å². The first-order chi connectivity index (χ1) is 20.7. The molecule has 0 spiro atoms. The normalized spacial score (nSPS) is 13.5. The van der Waals surface area contributed by atoms with Crippen LogP contribution in [0.15, 0.2) is 82.8 Å². The molecule has 2 N–H and O–H groups in total. The summed E-state index contributed by atoms with van der Waals surface area (Å²) in [5, 5.41) is 14.8. The number of sulfonamides is 1. The monoisotopic (exact) mass is 620 g/mol. The van der Waals surface area contributed by atoms with E-state index in [0.717, 1.165) is 24.1 Å². The number of aromatic nitrogens is 3. The Balaban J connectivity index is 1.27. The molecular formula is C30H32N6O5S2. The first-order valence-corrected chi connectivity index (χ1v) is 16.1. The van der Waals surface area contributed by atoms with E-state index in [2.05, 4.69) is 20.8 Å². The molecule has 2 heterocycles. The number of aryl methyl sites for hydroxylation is 1. The van der Waals surface area contributed by atoms with E-state index in [1.54, 1.807) is 31.4 Å². The van der Waals surface area contributed by atoms with E-state index in [0.29, 0.717) is 41.1 Å². The number of amides is 2. The molecule has 2 amide bonds. The second-order valence-corrected chi connectivity index (χ2v) is 12.8. The number of carbonyl (C=O) groups is 2. The van der Waals surface area contributed by atoms with Gasteiger partial charge >= 0.3 is 0 Å². The average Bonchev–Trinajstić information content (AvgIpc) is 3.70. The molecule has 0 saturated carbocycles. The second kappa shape index (κ2) is 13.4. The predicted octanol–water partition coefficient (Wildman–Crippen LogP) is 4.03. The SMILES string of the molecule is COc1ccc(NC(=O)CSc2nnc(CNC(=O)c3ccc(S(=O)(=O)N4CCCC4)cc3)n2-c2cccc(C)c2)cc1. The molecule has 5 rings (SSSR count). The van der Waals surface area contributed by atoms with Crippen molar-refractivity contribution in [2.75, 3.05) is 31.3 Å². The first-order valence-electron chi connectivity index (χ1n) is 13.7. The zero-order valence-corrected chi connectivity index (χ0v) is 25.5. The van der Waals surface area contributed by atoms with Gasteiger partial charge in [0.05, 0.1) is 24.3 Å². The topological polar surface area (TPSA) is 136 Å².